The second-order valence-electron chi connectivity index (χ2n) is 6.79. The van der Waals surface area contributed by atoms with Gasteiger partial charge in [-0.15, -0.1) is 0 Å². The fraction of sp³-hybridized carbons (Fsp3) is 0.789. The number of hydrogen-bond acceptors (Lipinski definition) is 7. The molecular formula is C19H33NaO7S. The van der Waals surface area contributed by atoms with Crippen molar-refractivity contribution in [2.75, 3.05) is 12.4 Å². The summed E-state index contributed by atoms with van der Waals surface area (Å²) >= 11 is 0. The zero-order valence-electron chi connectivity index (χ0n) is 17.5. The van der Waals surface area contributed by atoms with Crippen LogP contribution < -0.4 is 29.6 Å². The maximum Gasteiger partial charge on any atom is 1.00 e. The molecule has 1 atom stereocenters. The zero-order valence-corrected chi connectivity index (χ0v) is 20.4. The van der Waals surface area contributed by atoms with Crippen LogP contribution in [0.25, 0.3) is 0 Å². The van der Waals surface area contributed by atoms with Gasteiger partial charge in [0.15, 0.2) is 0 Å². The molecule has 28 heavy (non-hydrogen) atoms. The van der Waals surface area contributed by atoms with Crippen LogP contribution in [0.3, 0.4) is 0 Å². The predicted octanol–water partition coefficient (Wildman–Crippen LogP) is 0.488. The summed E-state index contributed by atoms with van der Waals surface area (Å²) in [7, 11) is -4.62. The summed E-state index contributed by atoms with van der Waals surface area (Å²) in [6, 6.07) is 0. The number of carbonyl (C=O) groups excluding carboxylic acids is 2. The van der Waals surface area contributed by atoms with Gasteiger partial charge in [-0.05, 0) is 13.3 Å². The first-order valence-electron chi connectivity index (χ1n) is 9.61. The van der Waals surface area contributed by atoms with E-state index >= 15 is 0 Å². The second kappa shape index (κ2) is 17.4. The van der Waals surface area contributed by atoms with Crippen molar-refractivity contribution in [2.24, 2.45) is 0 Å². The summed E-state index contributed by atoms with van der Waals surface area (Å²) in [6.45, 7) is 6.51. The van der Waals surface area contributed by atoms with Gasteiger partial charge in [-0.25, -0.2) is 13.2 Å². The minimum absolute atomic E-state index is 0. The molecule has 0 aromatic carbocycles. The monoisotopic (exact) mass is 428 g/mol. The Balaban J connectivity index is 0. The molecule has 1 unspecified atom stereocenters. The van der Waals surface area contributed by atoms with Gasteiger partial charge in [0.05, 0.1) is 15.9 Å². The van der Waals surface area contributed by atoms with E-state index in [0.29, 0.717) is 6.42 Å². The summed E-state index contributed by atoms with van der Waals surface area (Å²) in [5.74, 6) is -2.27. The first-order chi connectivity index (χ1) is 12.7. The first-order valence-corrected chi connectivity index (χ1v) is 11.2. The predicted molar refractivity (Wildman–Crippen MR) is 102 cm³/mol. The average molecular weight is 429 g/mol. The number of esters is 2. The van der Waals surface area contributed by atoms with Gasteiger partial charge in [0.2, 0.25) is 0 Å². The van der Waals surface area contributed by atoms with E-state index in [1.807, 2.05) is 0 Å². The molecule has 0 spiro atoms. The second-order valence-corrected chi connectivity index (χ2v) is 8.24. The Morgan fingerprint density at radius 3 is 1.96 bits per heavy atom. The SMILES string of the molecule is C=C(C)C(=O)OCC(CS(=O)(=O)[O-])OC(=O)CCCCCCCCCCC.[Na+]. The van der Waals surface area contributed by atoms with Gasteiger partial charge in [-0.1, -0.05) is 64.9 Å². The van der Waals surface area contributed by atoms with E-state index in [0.717, 1.165) is 19.3 Å². The Morgan fingerprint density at radius 1 is 1.00 bits per heavy atom. The molecule has 9 heteroatoms. The third-order valence-corrected chi connectivity index (χ3v) is 4.70. The zero-order chi connectivity index (χ0) is 20.7. The Bertz CT molecular complexity index is 561. The molecule has 0 aliphatic heterocycles. The molecule has 0 saturated heterocycles. The third kappa shape index (κ3) is 18.9. The molecule has 0 saturated carbocycles. The standard InChI is InChI=1S/C19H34O7S.Na/c1-4-5-6-7-8-9-10-11-12-13-18(20)26-17(15-27(22,23)24)14-25-19(21)16(2)3;/h17H,2,4-15H2,1,3H3,(H,22,23,24);/q;+1/p-1. The number of rotatable bonds is 16. The molecule has 0 fully saturated rings. The smallest absolute Gasteiger partial charge is 0.748 e. The molecule has 0 rings (SSSR count). The van der Waals surface area contributed by atoms with E-state index < -0.39 is 40.5 Å². The van der Waals surface area contributed by atoms with Crippen molar-refractivity contribution < 1.29 is 61.6 Å². The van der Waals surface area contributed by atoms with Gasteiger partial charge in [0.1, 0.15) is 12.7 Å². The van der Waals surface area contributed by atoms with Crippen LogP contribution in [0.15, 0.2) is 12.2 Å². The maximum absolute atomic E-state index is 11.8. The third-order valence-electron chi connectivity index (χ3n) is 3.92. The summed E-state index contributed by atoms with van der Waals surface area (Å²) in [6.07, 6.45) is 8.72. The molecule has 0 bridgehead atoms. The maximum atomic E-state index is 11.8. The molecule has 0 aliphatic carbocycles. The van der Waals surface area contributed by atoms with Crippen LogP contribution in [-0.4, -0.2) is 43.4 Å². The minimum Gasteiger partial charge on any atom is -0.748 e. The van der Waals surface area contributed by atoms with Crippen LogP contribution in [-0.2, 0) is 29.2 Å². The molecule has 0 amide bonds. The molecule has 7 nitrogen and oxygen atoms in total. The largest absolute Gasteiger partial charge is 1.00 e. The van der Waals surface area contributed by atoms with Gasteiger partial charge in [-0.2, -0.15) is 0 Å². The first kappa shape index (κ1) is 29.8. The number of hydrogen-bond donors (Lipinski definition) is 0. The van der Waals surface area contributed by atoms with Gasteiger partial charge in [0, 0.05) is 12.0 Å². The van der Waals surface area contributed by atoms with Gasteiger partial charge in [0.25, 0.3) is 0 Å². The Kier molecular flexibility index (Phi) is 18.6. The molecule has 0 aromatic heterocycles. The quantitative estimate of drug-likeness (QED) is 0.116. The molecule has 0 heterocycles. The van der Waals surface area contributed by atoms with Crippen LogP contribution in [0.1, 0.15) is 78.1 Å². The van der Waals surface area contributed by atoms with E-state index in [-0.39, 0.29) is 41.6 Å². The van der Waals surface area contributed by atoms with Crippen molar-refractivity contribution in [1.29, 1.82) is 0 Å². The van der Waals surface area contributed by atoms with Crippen LogP contribution >= 0.6 is 0 Å². The number of carbonyl (C=O) groups is 2. The Labute approximate surface area is 191 Å². The molecule has 0 aromatic rings. The fourth-order valence-corrected chi connectivity index (χ4v) is 3.08. The summed E-state index contributed by atoms with van der Waals surface area (Å²) < 4.78 is 42.6. The number of unbranched alkanes of at least 4 members (excludes halogenated alkanes) is 8. The van der Waals surface area contributed by atoms with Crippen molar-refractivity contribution in [2.45, 2.75) is 84.2 Å². The minimum atomic E-state index is -4.62. The molecular weight excluding hydrogens is 395 g/mol. The van der Waals surface area contributed by atoms with Crippen molar-refractivity contribution in [3.63, 3.8) is 0 Å². The molecule has 0 N–H and O–H groups in total. The van der Waals surface area contributed by atoms with Gasteiger partial charge < -0.3 is 14.0 Å². The van der Waals surface area contributed by atoms with Crippen LogP contribution in [0.5, 0.6) is 0 Å². The molecule has 0 aliphatic rings. The summed E-state index contributed by atoms with van der Waals surface area (Å²) in [5, 5.41) is 0. The van der Waals surface area contributed by atoms with E-state index in [1.54, 1.807) is 0 Å². The van der Waals surface area contributed by atoms with Crippen molar-refractivity contribution in [3.8, 4) is 0 Å². The van der Waals surface area contributed by atoms with Crippen LogP contribution in [0.4, 0.5) is 0 Å². The fourth-order valence-electron chi connectivity index (χ4n) is 2.46. The Morgan fingerprint density at radius 2 is 1.50 bits per heavy atom. The van der Waals surface area contributed by atoms with E-state index in [4.69, 9.17) is 9.47 Å². The van der Waals surface area contributed by atoms with Gasteiger partial charge >= 0.3 is 41.5 Å². The molecule has 158 valence electrons. The topological polar surface area (TPSA) is 110 Å². The summed E-state index contributed by atoms with van der Waals surface area (Å²) in [4.78, 5) is 23.2. The van der Waals surface area contributed by atoms with Crippen molar-refractivity contribution in [1.82, 2.24) is 0 Å². The van der Waals surface area contributed by atoms with E-state index in [2.05, 4.69) is 13.5 Å². The number of ether oxygens (including phenoxy) is 2. The average Bonchev–Trinajstić information content (AvgIpc) is 2.56. The summed E-state index contributed by atoms with van der Waals surface area (Å²) in [5.41, 5.74) is 0.125. The van der Waals surface area contributed by atoms with E-state index in [9.17, 15) is 22.6 Å². The normalized spacial score (nSPS) is 12.0. The molecule has 0 radical (unpaired) electrons. The Hall–Kier alpha value is -0.410. The van der Waals surface area contributed by atoms with E-state index in [1.165, 1.54) is 39.0 Å². The van der Waals surface area contributed by atoms with Crippen LogP contribution in [0, 0.1) is 0 Å². The van der Waals surface area contributed by atoms with Crippen molar-refractivity contribution >= 4 is 22.1 Å². The van der Waals surface area contributed by atoms with Crippen molar-refractivity contribution in [3.05, 3.63) is 12.2 Å². The van der Waals surface area contributed by atoms with Crippen LogP contribution in [0.2, 0.25) is 0 Å². The van der Waals surface area contributed by atoms with Gasteiger partial charge in [-0.3, -0.25) is 4.79 Å².